The van der Waals surface area contributed by atoms with Crippen molar-refractivity contribution >= 4 is 37.6 Å². The van der Waals surface area contributed by atoms with Gasteiger partial charge in [-0.2, -0.15) is 4.31 Å². The molecule has 1 heterocycles. The van der Waals surface area contributed by atoms with E-state index in [2.05, 4.69) is 26.8 Å². The number of rotatable bonds is 5. The predicted molar refractivity (Wildman–Crippen MR) is 77.3 cm³/mol. The lowest BCUT2D eigenvalue weighted by atomic mass is 10.4. The zero-order valence-electron chi connectivity index (χ0n) is 10.0. The van der Waals surface area contributed by atoms with Gasteiger partial charge in [0.15, 0.2) is 0 Å². The molecule has 0 unspecified atom stereocenters. The monoisotopic (exact) mass is 362 g/mol. The molecule has 0 radical (unpaired) electrons. The number of hydrogen-bond acceptors (Lipinski definition) is 3. The van der Waals surface area contributed by atoms with Crippen LogP contribution in [-0.2, 0) is 10.0 Å². The molecule has 2 rings (SSSR count). The van der Waals surface area contributed by atoms with Gasteiger partial charge in [-0.25, -0.2) is 13.4 Å². The van der Waals surface area contributed by atoms with Gasteiger partial charge in [-0.05, 0) is 40.8 Å². The second-order valence-corrected chi connectivity index (χ2v) is 7.57. The molecule has 1 aliphatic rings. The Hall–Kier alpha value is -0.610. The van der Waals surface area contributed by atoms with Crippen LogP contribution in [0.2, 0.25) is 5.15 Å². The molecule has 0 aromatic carbocycles. The Morgan fingerprint density at radius 3 is 2.84 bits per heavy atom. The van der Waals surface area contributed by atoms with Gasteiger partial charge >= 0.3 is 0 Å². The van der Waals surface area contributed by atoms with Crippen molar-refractivity contribution in [3.8, 4) is 12.3 Å². The first-order chi connectivity index (χ1) is 8.95. The summed E-state index contributed by atoms with van der Waals surface area (Å²) < 4.78 is 26.9. The summed E-state index contributed by atoms with van der Waals surface area (Å²) in [7, 11) is -3.71. The average molecular weight is 364 g/mol. The van der Waals surface area contributed by atoms with Crippen LogP contribution in [0.4, 0.5) is 0 Å². The maximum Gasteiger partial charge on any atom is 0.247 e. The van der Waals surface area contributed by atoms with Gasteiger partial charge in [0.25, 0.3) is 0 Å². The Balaban J connectivity index is 2.37. The number of pyridine rings is 1. The van der Waals surface area contributed by atoms with Gasteiger partial charge in [-0.15, -0.1) is 6.42 Å². The van der Waals surface area contributed by atoms with Crippen LogP contribution < -0.4 is 0 Å². The van der Waals surface area contributed by atoms with Gasteiger partial charge in [0, 0.05) is 17.2 Å². The molecule has 0 aliphatic heterocycles. The first-order valence-electron chi connectivity index (χ1n) is 5.70. The number of aromatic nitrogens is 1. The fourth-order valence-corrected chi connectivity index (χ4v) is 4.01. The highest BCUT2D eigenvalue weighted by Gasteiger charge is 2.32. The van der Waals surface area contributed by atoms with Crippen molar-refractivity contribution in [1.82, 2.24) is 9.29 Å². The molecular formula is C12H12BrClN2O2S. The Labute approximate surface area is 126 Å². The summed E-state index contributed by atoms with van der Waals surface area (Å²) >= 11 is 9.08. The minimum absolute atomic E-state index is 0.0144. The largest absolute Gasteiger partial charge is 0.247 e. The van der Waals surface area contributed by atoms with Gasteiger partial charge in [0.2, 0.25) is 10.0 Å². The molecule has 1 saturated carbocycles. The highest BCUT2D eigenvalue weighted by atomic mass is 79.9. The average Bonchev–Trinajstić information content (AvgIpc) is 3.15. The zero-order valence-corrected chi connectivity index (χ0v) is 13.2. The number of terminal acetylenes is 1. The standard InChI is InChI=1S/C12H12BrClN2O2S/c1-2-5-16(8-9-3-4-9)19(17,18)11-6-10(13)7-15-12(11)14/h1,6-7,9H,3-5,8H2. The van der Waals surface area contributed by atoms with Crippen LogP contribution in [0.5, 0.6) is 0 Å². The van der Waals surface area contributed by atoms with Crippen LogP contribution in [-0.4, -0.2) is 30.8 Å². The summed E-state index contributed by atoms with van der Waals surface area (Å²) in [5.41, 5.74) is 0. The topological polar surface area (TPSA) is 50.3 Å². The Morgan fingerprint density at radius 1 is 1.58 bits per heavy atom. The van der Waals surface area contributed by atoms with Crippen LogP contribution in [0.15, 0.2) is 21.6 Å². The first-order valence-corrected chi connectivity index (χ1v) is 8.31. The van der Waals surface area contributed by atoms with E-state index in [1.165, 1.54) is 16.6 Å². The zero-order chi connectivity index (χ0) is 14.0. The van der Waals surface area contributed by atoms with Crippen LogP contribution in [0, 0.1) is 18.3 Å². The van der Waals surface area contributed by atoms with Crippen LogP contribution in [0.25, 0.3) is 0 Å². The highest BCUT2D eigenvalue weighted by molar-refractivity contribution is 9.10. The molecule has 1 aromatic heterocycles. The SMILES string of the molecule is C#CCN(CC1CC1)S(=O)(=O)c1cc(Br)cnc1Cl. The number of hydrogen-bond donors (Lipinski definition) is 0. The van der Waals surface area contributed by atoms with Gasteiger partial charge in [0.05, 0.1) is 6.54 Å². The van der Waals surface area contributed by atoms with Crippen molar-refractivity contribution in [3.05, 3.63) is 21.9 Å². The first kappa shape index (κ1) is 14.8. The van der Waals surface area contributed by atoms with E-state index in [9.17, 15) is 8.42 Å². The fourth-order valence-electron chi connectivity index (χ4n) is 1.66. The van der Waals surface area contributed by atoms with Crippen molar-refractivity contribution in [2.75, 3.05) is 13.1 Å². The van der Waals surface area contributed by atoms with Gasteiger partial charge in [-0.1, -0.05) is 17.5 Å². The molecule has 0 spiro atoms. The maximum absolute atomic E-state index is 12.5. The molecule has 4 nitrogen and oxygen atoms in total. The van der Waals surface area contributed by atoms with Crippen molar-refractivity contribution < 1.29 is 8.42 Å². The third kappa shape index (κ3) is 3.48. The van der Waals surface area contributed by atoms with Crippen molar-refractivity contribution in [1.29, 1.82) is 0 Å². The Morgan fingerprint density at radius 2 is 2.26 bits per heavy atom. The molecule has 0 atom stereocenters. The third-order valence-corrected chi connectivity index (χ3v) is 5.49. The van der Waals surface area contributed by atoms with Gasteiger partial charge < -0.3 is 0 Å². The predicted octanol–water partition coefficient (Wildman–Crippen LogP) is 2.53. The smallest absolute Gasteiger partial charge is 0.242 e. The second-order valence-electron chi connectivity index (χ2n) is 4.39. The molecule has 102 valence electrons. The lowest BCUT2D eigenvalue weighted by Gasteiger charge is -2.20. The van der Waals surface area contributed by atoms with E-state index in [0.717, 1.165) is 12.8 Å². The summed E-state index contributed by atoms with van der Waals surface area (Å²) in [6.07, 6.45) is 8.79. The highest BCUT2D eigenvalue weighted by Crippen LogP contribution is 2.33. The molecule has 0 N–H and O–H groups in total. The minimum Gasteiger partial charge on any atom is -0.242 e. The summed E-state index contributed by atoms with van der Waals surface area (Å²) in [4.78, 5) is 3.83. The van der Waals surface area contributed by atoms with Gasteiger partial charge in [-0.3, -0.25) is 0 Å². The number of sulfonamides is 1. The van der Waals surface area contributed by atoms with Crippen LogP contribution in [0.1, 0.15) is 12.8 Å². The maximum atomic E-state index is 12.5. The molecule has 1 aromatic rings. The summed E-state index contributed by atoms with van der Waals surface area (Å²) in [6, 6.07) is 1.45. The van der Waals surface area contributed by atoms with E-state index in [4.69, 9.17) is 18.0 Å². The van der Waals surface area contributed by atoms with E-state index in [1.807, 2.05) is 0 Å². The molecule has 1 aliphatic carbocycles. The van der Waals surface area contributed by atoms with Crippen LogP contribution >= 0.6 is 27.5 Å². The van der Waals surface area contributed by atoms with Gasteiger partial charge in [0.1, 0.15) is 10.0 Å². The molecule has 0 bridgehead atoms. The molecule has 7 heteroatoms. The second kappa shape index (κ2) is 5.80. The normalized spacial score (nSPS) is 15.5. The van der Waals surface area contributed by atoms with E-state index in [1.54, 1.807) is 0 Å². The van der Waals surface area contributed by atoms with E-state index < -0.39 is 10.0 Å². The summed E-state index contributed by atoms with van der Waals surface area (Å²) in [6.45, 7) is 0.483. The van der Waals surface area contributed by atoms with Crippen molar-refractivity contribution in [3.63, 3.8) is 0 Å². The Bertz CT molecular complexity index is 623. The quantitative estimate of drug-likeness (QED) is 0.597. The number of halogens is 2. The molecule has 0 amide bonds. The summed E-state index contributed by atoms with van der Waals surface area (Å²) in [5.74, 6) is 2.79. The third-order valence-electron chi connectivity index (χ3n) is 2.82. The van der Waals surface area contributed by atoms with E-state index in [0.29, 0.717) is 16.9 Å². The molecule has 0 saturated heterocycles. The minimum atomic E-state index is -3.71. The van der Waals surface area contributed by atoms with Crippen molar-refractivity contribution in [2.24, 2.45) is 5.92 Å². The Kier molecular flexibility index (Phi) is 4.51. The number of nitrogens with zero attached hydrogens (tertiary/aromatic N) is 2. The lowest BCUT2D eigenvalue weighted by Crippen LogP contribution is -2.33. The van der Waals surface area contributed by atoms with E-state index >= 15 is 0 Å². The van der Waals surface area contributed by atoms with E-state index in [-0.39, 0.29) is 16.6 Å². The summed E-state index contributed by atoms with van der Waals surface area (Å²) in [5, 5.41) is -0.0407. The van der Waals surface area contributed by atoms with Crippen LogP contribution in [0.3, 0.4) is 0 Å². The lowest BCUT2D eigenvalue weighted by molar-refractivity contribution is 0.430. The molecule has 19 heavy (non-hydrogen) atoms. The molecular weight excluding hydrogens is 352 g/mol. The molecule has 1 fully saturated rings. The van der Waals surface area contributed by atoms with Crippen molar-refractivity contribution in [2.45, 2.75) is 17.7 Å². The fraction of sp³-hybridized carbons (Fsp3) is 0.417.